The van der Waals surface area contributed by atoms with Gasteiger partial charge in [-0.25, -0.2) is 4.79 Å². The lowest BCUT2D eigenvalue weighted by Crippen LogP contribution is -2.29. The van der Waals surface area contributed by atoms with E-state index < -0.39 is 6.03 Å². The maximum Gasteiger partial charge on any atom is 0.313 e. The third kappa shape index (κ3) is 4.76. The molecule has 0 aromatic carbocycles. The molecule has 0 bridgehead atoms. The molecule has 0 rings (SSSR count). The minimum atomic E-state index is -0.665. The molecule has 0 aliphatic rings. The third-order valence-electron chi connectivity index (χ3n) is 0.342. The molecule has 0 atom stereocenters. The molecule has 0 heterocycles. The lowest BCUT2D eigenvalue weighted by molar-refractivity contribution is 0.250. The lowest BCUT2D eigenvalue weighted by atomic mass is 10.7. The summed E-state index contributed by atoms with van der Waals surface area (Å²) in [6.07, 6.45) is 0. The van der Waals surface area contributed by atoms with E-state index in [0.29, 0.717) is 0 Å². The fraction of sp³-hybridized carbons (Fsp3) is 0.333. The Bertz CT molecular complexity index is 103. The number of carbonyl (C=O) groups excluding carboxylic acids is 1. The molecule has 0 fully saturated rings. The predicted molar refractivity (Wildman–Crippen MR) is 23.2 cm³/mol. The number of nitriles is 1. The van der Waals surface area contributed by atoms with Gasteiger partial charge in [0.1, 0.15) is 6.54 Å². The van der Waals surface area contributed by atoms with Crippen molar-refractivity contribution in [2.45, 2.75) is 0 Å². The number of primary amides is 1. The minimum Gasteiger partial charge on any atom is -0.352 e. The van der Waals surface area contributed by atoms with Crippen molar-refractivity contribution < 1.29 is 4.79 Å². The van der Waals surface area contributed by atoms with Crippen LogP contribution in [0.5, 0.6) is 0 Å². The van der Waals surface area contributed by atoms with Gasteiger partial charge in [0, 0.05) is 0 Å². The summed E-state index contributed by atoms with van der Waals surface area (Å²) >= 11 is 0. The predicted octanol–water partition coefficient (Wildman–Crippen LogP) is -0.822. The zero-order valence-electron chi connectivity index (χ0n) is 3.64. The van der Waals surface area contributed by atoms with Gasteiger partial charge in [-0.2, -0.15) is 5.26 Å². The Hall–Kier alpha value is -1.24. The molecule has 0 saturated carbocycles. The summed E-state index contributed by atoms with van der Waals surface area (Å²) in [7, 11) is 0. The first-order chi connectivity index (χ1) is 3.27. The maximum atomic E-state index is 9.72. The molecule has 3 N–H and O–H groups in total. The zero-order valence-corrected chi connectivity index (χ0v) is 3.64. The van der Waals surface area contributed by atoms with E-state index in [1.807, 2.05) is 0 Å². The molecule has 0 aliphatic heterocycles. The number of urea groups is 1. The van der Waals surface area contributed by atoms with E-state index in [4.69, 9.17) is 5.26 Å². The van der Waals surface area contributed by atoms with E-state index in [1.54, 1.807) is 6.07 Å². The standard InChI is InChI=1S/C3H5N3O/c4-1-2-6-3(5)7/h2H2,(H3,5,6,7). The lowest BCUT2D eigenvalue weighted by Gasteiger charge is -1.86. The van der Waals surface area contributed by atoms with Crippen LogP contribution < -0.4 is 11.1 Å². The minimum absolute atomic E-state index is 0.0185. The number of nitrogens with one attached hydrogen (secondary N) is 1. The van der Waals surface area contributed by atoms with Gasteiger partial charge in [-0.15, -0.1) is 0 Å². The Morgan fingerprint density at radius 2 is 2.57 bits per heavy atom. The molecule has 2 amide bonds. The second kappa shape index (κ2) is 2.97. The summed E-state index contributed by atoms with van der Waals surface area (Å²) in [5.41, 5.74) is 4.58. The van der Waals surface area contributed by atoms with Crippen LogP contribution in [0.1, 0.15) is 0 Å². The number of amides is 2. The first-order valence-electron chi connectivity index (χ1n) is 1.67. The first kappa shape index (κ1) is 5.76. The SMILES string of the molecule is N#CCNC(N)=O. The van der Waals surface area contributed by atoms with Crippen LogP contribution in [0.25, 0.3) is 0 Å². The van der Waals surface area contributed by atoms with Crippen molar-refractivity contribution in [3.63, 3.8) is 0 Å². The van der Waals surface area contributed by atoms with E-state index in [0.717, 1.165) is 0 Å². The van der Waals surface area contributed by atoms with Crippen molar-refractivity contribution in [2.24, 2.45) is 5.73 Å². The van der Waals surface area contributed by atoms with Crippen molar-refractivity contribution in [3.8, 4) is 6.07 Å². The second-order valence-corrected chi connectivity index (χ2v) is 0.876. The highest BCUT2D eigenvalue weighted by Gasteiger charge is 1.83. The van der Waals surface area contributed by atoms with Crippen LogP contribution in [0.2, 0.25) is 0 Å². The molecule has 0 saturated heterocycles. The number of hydrogen-bond acceptors (Lipinski definition) is 2. The number of nitrogens with two attached hydrogens (primary N) is 1. The largest absolute Gasteiger partial charge is 0.352 e. The Kier molecular flexibility index (Phi) is 2.44. The van der Waals surface area contributed by atoms with Crippen LogP contribution in [0.4, 0.5) is 4.79 Å². The van der Waals surface area contributed by atoms with Gasteiger partial charge in [-0.1, -0.05) is 0 Å². The Morgan fingerprint density at radius 3 is 2.71 bits per heavy atom. The van der Waals surface area contributed by atoms with Crippen molar-refractivity contribution in [3.05, 3.63) is 0 Å². The molecule has 0 aromatic rings. The number of hydrogen-bond donors (Lipinski definition) is 2. The molecule has 0 aromatic heterocycles. The molecule has 38 valence electrons. The Balaban J connectivity index is 3.02. The number of rotatable bonds is 1. The number of nitrogens with zero attached hydrogens (tertiary/aromatic N) is 1. The van der Waals surface area contributed by atoms with Crippen LogP contribution in [-0.4, -0.2) is 12.6 Å². The van der Waals surface area contributed by atoms with E-state index in [9.17, 15) is 4.79 Å². The average molecular weight is 99.1 g/mol. The molecule has 0 spiro atoms. The van der Waals surface area contributed by atoms with Crippen LogP contribution >= 0.6 is 0 Å². The van der Waals surface area contributed by atoms with Gasteiger partial charge >= 0.3 is 6.03 Å². The zero-order chi connectivity index (χ0) is 5.70. The first-order valence-corrected chi connectivity index (χ1v) is 1.67. The molecule has 0 radical (unpaired) electrons. The summed E-state index contributed by atoms with van der Waals surface area (Å²) < 4.78 is 0. The van der Waals surface area contributed by atoms with Gasteiger partial charge in [-0.3, -0.25) is 0 Å². The molecule has 7 heavy (non-hydrogen) atoms. The topological polar surface area (TPSA) is 78.9 Å². The monoisotopic (exact) mass is 99.0 g/mol. The third-order valence-corrected chi connectivity index (χ3v) is 0.342. The highest BCUT2D eigenvalue weighted by atomic mass is 16.2. The van der Waals surface area contributed by atoms with Crippen molar-refractivity contribution in [1.82, 2.24) is 5.32 Å². The van der Waals surface area contributed by atoms with Gasteiger partial charge in [0.05, 0.1) is 6.07 Å². The summed E-state index contributed by atoms with van der Waals surface area (Å²) in [5, 5.41) is 9.87. The summed E-state index contributed by atoms with van der Waals surface area (Å²) in [6, 6.07) is 1.02. The molecule has 0 aliphatic carbocycles. The van der Waals surface area contributed by atoms with Gasteiger partial charge < -0.3 is 11.1 Å². The summed E-state index contributed by atoms with van der Waals surface area (Å²) in [4.78, 5) is 9.72. The molecular weight excluding hydrogens is 94.1 g/mol. The van der Waals surface area contributed by atoms with Crippen molar-refractivity contribution >= 4 is 6.03 Å². The number of carbonyl (C=O) groups is 1. The van der Waals surface area contributed by atoms with Crippen molar-refractivity contribution in [1.29, 1.82) is 5.26 Å². The Labute approximate surface area is 40.9 Å². The van der Waals surface area contributed by atoms with Gasteiger partial charge in [-0.05, 0) is 0 Å². The van der Waals surface area contributed by atoms with E-state index >= 15 is 0 Å². The van der Waals surface area contributed by atoms with Crippen molar-refractivity contribution in [2.75, 3.05) is 6.54 Å². The normalized spacial score (nSPS) is 6.71. The van der Waals surface area contributed by atoms with Crippen LogP contribution in [0.3, 0.4) is 0 Å². The van der Waals surface area contributed by atoms with Crippen LogP contribution in [0.15, 0.2) is 0 Å². The van der Waals surface area contributed by atoms with E-state index in [1.165, 1.54) is 0 Å². The van der Waals surface area contributed by atoms with Crippen LogP contribution in [-0.2, 0) is 0 Å². The highest BCUT2D eigenvalue weighted by molar-refractivity contribution is 5.71. The Morgan fingerprint density at radius 1 is 2.00 bits per heavy atom. The maximum absolute atomic E-state index is 9.72. The van der Waals surface area contributed by atoms with Gasteiger partial charge in [0.25, 0.3) is 0 Å². The van der Waals surface area contributed by atoms with Crippen LogP contribution in [0, 0.1) is 11.3 Å². The van der Waals surface area contributed by atoms with Gasteiger partial charge in [0.2, 0.25) is 0 Å². The van der Waals surface area contributed by atoms with E-state index in [2.05, 4.69) is 11.1 Å². The molecule has 4 nitrogen and oxygen atoms in total. The second-order valence-electron chi connectivity index (χ2n) is 0.876. The highest BCUT2D eigenvalue weighted by Crippen LogP contribution is 1.50. The summed E-state index contributed by atoms with van der Waals surface area (Å²) in [6.45, 7) is -0.0185. The summed E-state index contributed by atoms with van der Waals surface area (Å²) in [5.74, 6) is 0. The fourth-order valence-corrected chi connectivity index (χ4v) is 0.127. The fourth-order valence-electron chi connectivity index (χ4n) is 0.127. The van der Waals surface area contributed by atoms with Gasteiger partial charge in [0.15, 0.2) is 0 Å². The smallest absolute Gasteiger partial charge is 0.313 e. The van der Waals surface area contributed by atoms with E-state index in [-0.39, 0.29) is 6.54 Å². The molecule has 0 unspecified atom stereocenters. The molecule has 4 heteroatoms. The average Bonchev–Trinajstić information content (AvgIpc) is 1.61. The quantitative estimate of drug-likeness (QED) is 0.421. The molecular formula is C3H5N3O.